The van der Waals surface area contributed by atoms with Crippen molar-refractivity contribution in [1.29, 1.82) is 0 Å². The molecular formula is C20H22N2O4. The molecule has 1 unspecified atom stereocenters. The summed E-state index contributed by atoms with van der Waals surface area (Å²) in [6, 6.07) is 10.4. The van der Waals surface area contributed by atoms with Gasteiger partial charge < -0.3 is 14.7 Å². The predicted octanol–water partition coefficient (Wildman–Crippen LogP) is 3.55. The highest BCUT2D eigenvalue weighted by atomic mass is 16.5. The number of nitrogens with zero attached hydrogens (tertiary/aromatic N) is 2. The Balaban J connectivity index is 1.91. The summed E-state index contributed by atoms with van der Waals surface area (Å²) in [6.07, 6.45) is 5.28. The minimum absolute atomic E-state index is 0.0498. The van der Waals surface area contributed by atoms with Crippen molar-refractivity contribution in [2.45, 2.75) is 31.7 Å². The van der Waals surface area contributed by atoms with Crippen LogP contribution in [0.5, 0.6) is 5.75 Å². The lowest BCUT2D eigenvalue weighted by Gasteiger charge is -2.30. The van der Waals surface area contributed by atoms with E-state index in [1.54, 1.807) is 7.11 Å². The summed E-state index contributed by atoms with van der Waals surface area (Å²) < 4.78 is 5.21. The van der Waals surface area contributed by atoms with E-state index in [0.29, 0.717) is 6.54 Å². The molecule has 2 heterocycles. The van der Waals surface area contributed by atoms with Crippen molar-refractivity contribution in [3.05, 3.63) is 59.4 Å². The first-order chi connectivity index (χ1) is 12.6. The van der Waals surface area contributed by atoms with E-state index >= 15 is 0 Å². The second kappa shape index (κ2) is 7.99. The standard InChI is InChI=1S/C20H22N2O4/c1-26-16-8-6-14(7-9-16)18-5-3-2-4-12-22(18)19(23)17-13-15(20(24)25)10-11-21-17/h6-11,13,18H,2-5,12H2,1H3,(H,24,25). The van der Waals surface area contributed by atoms with Crippen LogP contribution in [0, 0.1) is 0 Å². The van der Waals surface area contributed by atoms with Crippen molar-refractivity contribution < 1.29 is 19.4 Å². The largest absolute Gasteiger partial charge is 0.497 e. The van der Waals surface area contributed by atoms with Gasteiger partial charge in [-0.3, -0.25) is 9.78 Å². The number of likely N-dealkylation sites (tertiary alicyclic amines) is 1. The summed E-state index contributed by atoms with van der Waals surface area (Å²) in [6.45, 7) is 0.633. The summed E-state index contributed by atoms with van der Waals surface area (Å²) in [4.78, 5) is 30.2. The summed E-state index contributed by atoms with van der Waals surface area (Å²) in [7, 11) is 1.62. The number of amides is 1. The first-order valence-electron chi connectivity index (χ1n) is 8.74. The van der Waals surface area contributed by atoms with Crippen molar-refractivity contribution in [2.75, 3.05) is 13.7 Å². The van der Waals surface area contributed by atoms with E-state index in [2.05, 4.69) is 4.98 Å². The average Bonchev–Trinajstić information content (AvgIpc) is 2.93. The molecule has 0 radical (unpaired) electrons. The van der Waals surface area contributed by atoms with E-state index in [-0.39, 0.29) is 23.2 Å². The third kappa shape index (κ3) is 3.85. The van der Waals surface area contributed by atoms with Crippen molar-refractivity contribution in [3.63, 3.8) is 0 Å². The number of carbonyl (C=O) groups is 2. The molecule has 1 aliphatic rings. The van der Waals surface area contributed by atoms with Crippen molar-refractivity contribution in [2.24, 2.45) is 0 Å². The zero-order valence-electron chi connectivity index (χ0n) is 14.7. The van der Waals surface area contributed by atoms with Crippen LogP contribution >= 0.6 is 0 Å². The highest BCUT2D eigenvalue weighted by molar-refractivity contribution is 5.96. The molecular weight excluding hydrogens is 332 g/mol. The van der Waals surface area contributed by atoms with Gasteiger partial charge in [0.1, 0.15) is 11.4 Å². The second-order valence-corrected chi connectivity index (χ2v) is 6.37. The molecule has 6 nitrogen and oxygen atoms in total. The molecule has 1 atom stereocenters. The maximum atomic E-state index is 13.1. The quantitative estimate of drug-likeness (QED) is 0.908. The molecule has 1 aromatic carbocycles. The Morgan fingerprint density at radius 1 is 1.15 bits per heavy atom. The average molecular weight is 354 g/mol. The number of ether oxygens (including phenoxy) is 1. The van der Waals surface area contributed by atoms with Gasteiger partial charge in [0.15, 0.2) is 0 Å². The van der Waals surface area contributed by atoms with Gasteiger partial charge in [-0.2, -0.15) is 0 Å². The maximum Gasteiger partial charge on any atom is 0.335 e. The Labute approximate surface area is 152 Å². The van der Waals surface area contributed by atoms with Crippen molar-refractivity contribution in [1.82, 2.24) is 9.88 Å². The molecule has 26 heavy (non-hydrogen) atoms. The van der Waals surface area contributed by atoms with Gasteiger partial charge in [0, 0.05) is 12.7 Å². The lowest BCUT2D eigenvalue weighted by atomic mass is 10.00. The smallest absolute Gasteiger partial charge is 0.335 e. The van der Waals surface area contributed by atoms with Crippen LogP contribution in [-0.4, -0.2) is 40.5 Å². The number of methoxy groups -OCH3 is 1. The number of aromatic carboxylic acids is 1. The van der Waals surface area contributed by atoms with Gasteiger partial charge in [-0.1, -0.05) is 25.0 Å². The van der Waals surface area contributed by atoms with Gasteiger partial charge in [0.05, 0.1) is 18.7 Å². The normalized spacial score (nSPS) is 17.4. The Bertz CT molecular complexity index is 789. The molecule has 2 aromatic rings. The lowest BCUT2D eigenvalue weighted by Crippen LogP contribution is -2.35. The van der Waals surface area contributed by atoms with Crippen molar-refractivity contribution in [3.8, 4) is 5.75 Å². The van der Waals surface area contributed by atoms with E-state index in [1.807, 2.05) is 29.2 Å². The summed E-state index contributed by atoms with van der Waals surface area (Å²) >= 11 is 0. The fourth-order valence-corrected chi connectivity index (χ4v) is 3.35. The Kier molecular flexibility index (Phi) is 5.51. The van der Waals surface area contributed by atoms with E-state index in [0.717, 1.165) is 37.0 Å². The number of rotatable bonds is 4. The second-order valence-electron chi connectivity index (χ2n) is 6.37. The number of pyridine rings is 1. The van der Waals surface area contributed by atoms with Crippen LogP contribution < -0.4 is 4.74 Å². The molecule has 0 spiro atoms. The Morgan fingerprint density at radius 2 is 1.92 bits per heavy atom. The zero-order chi connectivity index (χ0) is 18.5. The molecule has 0 saturated carbocycles. The Hall–Kier alpha value is -2.89. The highest BCUT2D eigenvalue weighted by Gasteiger charge is 2.28. The molecule has 6 heteroatoms. The minimum Gasteiger partial charge on any atom is -0.497 e. The fourth-order valence-electron chi connectivity index (χ4n) is 3.35. The first kappa shape index (κ1) is 17.9. The molecule has 1 aromatic heterocycles. The molecule has 3 rings (SSSR count). The number of aromatic nitrogens is 1. The number of carboxylic acid groups (broad SMARTS) is 1. The van der Waals surface area contributed by atoms with Crippen LogP contribution in [0.25, 0.3) is 0 Å². The monoisotopic (exact) mass is 354 g/mol. The molecule has 1 amide bonds. The van der Waals surface area contributed by atoms with E-state index < -0.39 is 5.97 Å². The minimum atomic E-state index is -1.07. The summed E-state index contributed by atoms with van der Waals surface area (Å²) in [5.74, 6) is -0.518. The molecule has 1 fully saturated rings. The first-order valence-corrected chi connectivity index (χ1v) is 8.74. The van der Waals surface area contributed by atoms with Crippen LogP contribution in [0.1, 0.15) is 58.1 Å². The van der Waals surface area contributed by atoms with Crippen LogP contribution in [0.2, 0.25) is 0 Å². The molecule has 1 saturated heterocycles. The number of benzene rings is 1. The van der Waals surface area contributed by atoms with Crippen LogP contribution in [0.3, 0.4) is 0 Å². The van der Waals surface area contributed by atoms with Gasteiger partial charge in [0.2, 0.25) is 0 Å². The molecule has 136 valence electrons. The fraction of sp³-hybridized carbons (Fsp3) is 0.350. The molecule has 0 bridgehead atoms. The van der Waals surface area contributed by atoms with Gasteiger partial charge in [-0.05, 0) is 42.7 Å². The lowest BCUT2D eigenvalue weighted by molar-refractivity contribution is 0.0674. The topological polar surface area (TPSA) is 79.7 Å². The Morgan fingerprint density at radius 3 is 2.62 bits per heavy atom. The van der Waals surface area contributed by atoms with Crippen LogP contribution in [0.4, 0.5) is 0 Å². The zero-order valence-corrected chi connectivity index (χ0v) is 14.7. The van der Waals surface area contributed by atoms with Crippen molar-refractivity contribution >= 4 is 11.9 Å². The number of carboxylic acids is 1. The number of hydrogen-bond acceptors (Lipinski definition) is 4. The van der Waals surface area contributed by atoms with Gasteiger partial charge in [-0.25, -0.2) is 4.79 Å². The van der Waals surface area contributed by atoms with E-state index in [9.17, 15) is 9.59 Å². The van der Waals surface area contributed by atoms with Gasteiger partial charge >= 0.3 is 5.97 Å². The van der Waals surface area contributed by atoms with Crippen LogP contribution in [-0.2, 0) is 0 Å². The van der Waals surface area contributed by atoms with E-state index in [1.165, 1.54) is 18.3 Å². The third-order valence-corrected chi connectivity index (χ3v) is 4.74. The highest BCUT2D eigenvalue weighted by Crippen LogP contribution is 2.32. The van der Waals surface area contributed by atoms with E-state index in [4.69, 9.17) is 9.84 Å². The SMILES string of the molecule is COc1ccc(C2CCCCCN2C(=O)c2cc(C(=O)O)ccn2)cc1. The molecule has 1 N–H and O–H groups in total. The van der Waals surface area contributed by atoms with Gasteiger partial charge in [-0.15, -0.1) is 0 Å². The maximum absolute atomic E-state index is 13.1. The third-order valence-electron chi connectivity index (χ3n) is 4.74. The number of hydrogen-bond donors (Lipinski definition) is 1. The molecule has 0 aliphatic carbocycles. The number of carbonyl (C=O) groups excluding carboxylic acids is 1. The van der Waals surface area contributed by atoms with Crippen LogP contribution in [0.15, 0.2) is 42.6 Å². The summed E-state index contributed by atoms with van der Waals surface area (Å²) in [5, 5.41) is 9.16. The molecule has 1 aliphatic heterocycles. The van der Waals surface area contributed by atoms with Gasteiger partial charge in [0.25, 0.3) is 5.91 Å². The predicted molar refractivity (Wildman–Crippen MR) is 96.4 cm³/mol. The summed E-state index contributed by atoms with van der Waals surface area (Å²) in [5.41, 5.74) is 1.29.